The molecule has 0 saturated carbocycles. The first-order chi connectivity index (χ1) is 17.9. The number of carbonyl (C=O) groups is 2. The largest absolute Gasteiger partial charge is 0.390 e. The smallest absolute Gasteiger partial charge is 0.259 e. The predicted octanol–water partition coefficient (Wildman–Crippen LogP) is 3.91. The minimum absolute atomic E-state index is 0.329. The van der Waals surface area contributed by atoms with Crippen molar-refractivity contribution in [2.75, 3.05) is 32.8 Å². The van der Waals surface area contributed by atoms with E-state index in [4.69, 9.17) is 4.74 Å². The van der Waals surface area contributed by atoms with Crippen LogP contribution in [0.25, 0.3) is 33.0 Å². The molecule has 0 spiro atoms. The monoisotopic (exact) mass is 626 g/mol. The van der Waals surface area contributed by atoms with Gasteiger partial charge in [0.15, 0.2) is 0 Å². The van der Waals surface area contributed by atoms with E-state index in [1.54, 1.807) is 6.20 Å². The van der Waals surface area contributed by atoms with Gasteiger partial charge in [0.25, 0.3) is 11.8 Å². The highest BCUT2D eigenvalue weighted by Gasteiger charge is 2.35. The summed E-state index contributed by atoms with van der Waals surface area (Å²) in [5.74, 6) is -0.860. The molecule has 2 aromatic carbocycles. The van der Waals surface area contributed by atoms with Crippen molar-refractivity contribution in [2.24, 2.45) is 0 Å². The molecule has 1 unspecified atom stereocenters. The summed E-state index contributed by atoms with van der Waals surface area (Å²) in [6.07, 6.45) is 3.03. The van der Waals surface area contributed by atoms with Crippen LogP contribution in [0.1, 0.15) is 11.1 Å². The van der Waals surface area contributed by atoms with Crippen molar-refractivity contribution in [3.63, 3.8) is 0 Å². The Morgan fingerprint density at radius 3 is 2.35 bits per heavy atom. The van der Waals surface area contributed by atoms with E-state index in [-0.39, 0.29) is 0 Å². The molecule has 0 radical (unpaired) electrons. The number of hydrogen-bond acceptors (Lipinski definition) is 5. The number of imide groups is 1. The highest BCUT2D eigenvalue weighted by atomic mass is 79.9. The molecule has 1 fully saturated rings. The standard InChI is InChI=1S/C27H24Br2N4O4/c28-15-1-3-22-18(9-15)20(11-30-22)24-25(27(36)31-26(24)35)21-14-33(23-4-2-16(29)10-19(21)23)13-17(34)12-32-5-7-37-8-6-32/h1-4,9-11,14,17,30,34H,5-8,12-13H2,(H,31,35,36). The molecule has 2 aliphatic heterocycles. The number of fused-ring (bicyclic) bond motifs is 2. The minimum Gasteiger partial charge on any atom is -0.390 e. The first kappa shape index (κ1) is 24.6. The van der Waals surface area contributed by atoms with Gasteiger partial charge in [0.1, 0.15) is 0 Å². The Morgan fingerprint density at radius 1 is 0.919 bits per heavy atom. The van der Waals surface area contributed by atoms with E-state index in [2.05, 4.69) is 47.1 Å². The number of hydrogen-bond donors (Lipinski definition) is 3. The number of morpholine rings is 1. The molecule has 10 heteroatoms. The quantitative estimate of drug-likeness (QED) is 0.282. The second-order valence-electron chi connectivity index (χ2n) is 9.35. The molecule has 4 aromatic rings. The van der Waals surface area contributed by atoms with Crippen molar-refractivity contribution in [3.05, 3.63) is 68.9 Å². The summed E-state index contributed by atoms with van der Waals surface area (Å²) in [4.78, 5) is 31.7. The number of halogens is 2. The van der Waals surface area contributed by atoms with E-state index in [9.17, 15) is 14.7 Å². The number of ether oxygens (including phenoxy) is 1. The number of aliphatic hydroxyl groups is 1. The Hall–Kier alpha value is -2.76. The first-order valence-electron chi connectivity index (χ1n) is 12.0. The molecular weight excluding hydrogens is 604 g/mol. The van der Waals surface area contributed by atoms with E-state index >= 15 is 0 Å². The molecule has 0 bridgehead atoms. The number of benzene rings is 2. The molecule has 1 atom stereocenters. The minimum atomic E-state index is -0.608. The number of H-pyrrole nitrogens is 1. The number of amides is 2. The highest BCUT2D eigenvalue weighted by Crippen LogP contribution is 2.39. The molecule has 2 amide bonds. The maximum atomic E-state index is 13.2. The Labute approximate surface area is 229 Å². The maximum absolute atomic E-state index is 13.2. The summed E-state index contributed by atoms with van der Waals surface area (Å²) in [6, 6.07) is 11.6. The zero-order valence-corrected chi connectivity index (χ0v) is 22.9. The summed E-state index contributed by atoms with van der Waals surface area (Å²) in [5.41, 5.74) is 3.72. The average molecular weight is 628 g/mol. The SMILES string of the molecule is O=C1NC(=O)C(c2cn(CC(O)CN3CCOCC3)c3ccc(Br)cc23)=C1c1c[nH]c2ccc(Br)cc12. The lowest BCUT2D eigenvalue weighted by molar-refractivity contribution is -0.122. The summed E-state index contributed by atoms with van der Waals surface area (Å²) < 4.78 is 9.11. The van der Waals surface area contributed by atoms with Crippen molar-refractivity contribution in [1.82, 2.24) is 19.8 Å². The fraction of sp³-hybridized carbons (Fsp3) is 0.259. The number of aromatic nitrogens is 2. The molecule has 2 aliphatic rings. The van der Waals surface area contributed by atoms with Gasteiger partial charge in [0.2, 0.25) is 0 Å². The van der Waals surface area contributed by atoms with Gasteiger partial charge in [-0.05, 0) is 36.4 Å². The van der Waals surface area contributed by atoms with Crippen LogP contribution < -0.4 is 5.32 Å². The second-order valence-corrected chi connectivity index (χ2v) is 11.2. The van der Waals surface area contributed by atoms with Crippen LogP contribution in [-0.4, -0.2) is 70.3 Å². The average Bonchev–Trinajstić information content (AvgIpc) is 3.51. The Balaban J connectivity index is 1.47. The van der Waals surface area contributed by atoms with Crippen LogP contribution in [-0.2, 0) is 20.9 Å². The topological polar surface area (TPSA) is 99.6 Å². The fourth-order valence-electron chi connectivity index (χ4n) is 5.26. The van der Waals surface area contributed by atoms with Crippen LogP contribution in [0.5, 0.6) is 0 Å². The van der Waals surface area contributed by atoms with Crippen LogP contribution in [0.15, 0.2) is 57.7 Å². The lowest BCUT2D eigenvalue weighted by Crippen LogP contribution is -2.41. The van der Waals surface area contributed by atoms with Crippen molar-refractivity contribution < 1.29 is 19.4 Å². The van der Waals surface area contributed by atoms with Gasteiger partial charge in [-0.15, -0.1) is 0 Å². The van der Waals surface area contributed by atoms with Gasteiger partial charge in [0.05, 0.1) is 30.5 Å². The number of rotatable bonds is 6. The molecule has 0 aliphatic carbocycles. The summed E-state index contributed by atoms with van der Waals surface area (Å²) in [7, 11) is 0. The zero-order valence-electron chi connectivity index (χ0n) is 19.8. The van der Waals surface area contributed by atoms with Gasteiger partial charge in [0, 0.05) is 80.5 Å². The number of nitrogens with one attached hydrogen (secondary N) is 2. The van der Waals surface area contributed by atoms with E-state index in [1.807, 2.05) is 47.2 Å². The summed E-state index contributed by atoms with van der Waals surface area (Å²) >= 11 is 7.06. The van der Waals surface area contributed by atoms with Crippen LogP contribution >= 0.6 is 31.9 Å². The molecule has 2 aromatic heterocycles. The molecule has 1 saturated heterocycles. The molecule has 3 N–H and O–H groups in total. The van der Waals surface area contributed by atoms with Gasteiger partial charge in [-0.3, -0.25) is 19.8 Å². The molecule has 190 valence electrons. The van der Waals surface area contributed by atoms with Crippen molar-refractivity contribution in [1.29, 1.82) is 0 Å². The van der Waals surface area contributed by atoms with Crippen LogP contribution in [0, 0.1) is 0 Å². The highest BCUT2D eigenvalue weighted by molar-refractivity contribution is 9.10. The van der Waals surface area contributed by atoms with Crippen molar-refractivity contribution in [2.45, 2.75) is 12.6 Å². The van der Waals surface area contributed by atoms with Crippen LogP contribution in [0.2, 0.25) is 0 Å². The lowest BCUT2D eigenvalue weighted by atomic mass is 9.95. The van der Waals surface area contributed by atoms with Gasteiger partial charge in [-0.2, -0.15) is 0 Å². The third-order valence-electron chi connectivity index (χ3n) is 6.94. The van der Waals surface area contributed by atoms with E-state index in [0.717, 1.165) is 43.8 Å². The fourth-order valence-corrected chi connectivity index (χ4v) is 5.98. The van der Waals surface area contributed by atoms with Crippen molar-refractivity contribution >= 4 is 76.6 Å². The van der Waals surface area contributed by atoms with Gasteiger partial charge >= 0.3 is 0 Å². The number of nitrogens with zero attached hydrogens (tertiary/aromatic N) is 2. The summed E-state index contributed by atoms with van der Waals surface area (Å²) in [6.45, 7) is 3.81. The number of β-amino-alcohol motifs (C(OH)–C–C–N with tert-alkyl or cyclic N) is 1. The Kier molecular flexibility index (Phi) is 6.54. The van der Waals surface area contributed by atoms with Gasteiger partial charge < -0.3 is 19.4 Å². The number of aliphatic hydroxyl groups excluding tert-OH is 1. The molecular formula is C27H24Br2N4O4. The van der Waals surface area contributed by atoms with Crippen molar-refractivity contribution in [3.8, 4) is 0 Å². The van der Waals surface area contributed by atoms with Gasteiger partial charge in [-0.25, -0.2) is 0 Å². The van der Waals surface area contributed by atoms with Crippen LogP contribution in [0.3, 0.4) is 0 Å². The number of aromatic amines is 1. The van der Waals surface area contributed by atoms with Gasteiger partial charge in [-0.1, -0.05) is 31.9 Å². The lowest BCUT2D eigenvalue weighted by Gasteiger charge is -2.28. The Bertz CT molecular complexity index is 1580. The molecule has 4 heterocycles. The predicted molar refractivity (Wildman–Crippen MR) is 149 cm³/mol. The molecule has 37 heavy (non-hydrogen) atoms. The molecule has 6 rings (SSSR count). The third-order valence-corrected chi connectivity index (χ3v) is 7.92. The Morgan fingerprint density at radius 2 is 1.59 bits per heavy atom. The normalized spacial score (nSPS) is 17.8. The van der Waals surface area contributed by atoms with E-state index in [1.165, 1.54) is 0 Å². The second kappa shape index (κ2) is 9.85. The van der Waals surface area contributed by atoms with Crippen LogP contribution in [0.4, 0.5) is 0 Å². The van der Waals surface area contributed by atoms with E-state index < -0.39 is 17.9 Å². The maximum Gasteiger partial charge on any atom is 0.259 e. The third kappa shape index (κ3) is 4.57. The zero-order chi connectivity index (χ0) is 25.7. The molecule has 8 nitrogen and oxygen atoms in total. The first-order valence-corrected chi connectivity index (χ1v) is 13.6. The summed E-state index contributed by atoms with van der Waals surface area (Å²) in [5, 5.41) is 15.1. The number of carbonyl (C=O) groups excluding carboxylic acids is 2. The van der Waals surface area contributed by atoms with E-state index in [0.29, 0.717) is 48.6 Å².